The maximum absolute atomic E-state index is 5.70. The van der Waals surface area contributed by atoms with E-state index in [4.69, 9.17) is 5.73 Å². The van der Waals surface area contributed by atoms with Gasteiger partial charge in [-0.15, -0.1) is 0 Å². The molecule has 1 saturated carbocycles. The van der Waals surface area contributed by atoms with Crippen molar-refractivity contribution in [3.05, 3.63) is 28.2 Å². The summed E-state index contributed by atoms with van der Waals surface area (Å²) in [7, 11) is 0. The fraction of sp³-hybridized carbons (Fsp3) is 0.625. The highest BCUT2D eigenvalue weighted by molar-refractivity contribution is 9.10. The van der Waals surface area contributed by atoms with Crippen LogP contribution in [0.5, 0.6) is 0 Å². The van der Waals surface area contributed by atoms with Crippen molar-refractivity contribution in [3.8, 4) is 0 Å². The van der Waals surface area contributed by atoms with Crippen molar-refractivity contribution in [2.24, 2.45) is 17.6 Å². The summed E-state index contributed by atoms with van der Waals surface area (Å²) >= 11 is 3.71. The average molecular weight is 323 g/mol. The number of piperidine rings is 1. The molecular weight excluding hydrogens is 300 g/mol. The van der Waals surface area contributed by atoms with Gasteiger partial charge in [0.2, 0.25) is 0 Å². The molecule has 3 rings (SSSR count). The first-order chi connectivity index (χ1) is 9.28. The monoisotopic (exact) mass is 322 g/mol. The maximum Gasteiger partial charge on any atom is 0.0510 e. The largest absolute Gasteiger partial charge is 0.370 e. The maximum atomic E-state index is 5.70. The zero-order valence-corrected chi connectivity index (χ0v) is 13.0. The van der Waals surface area contributed by atoms with Gasteiger partial charge in [-0.25, -0.2) is 0 Å². The molecule has 2 unspecified atom stereocenters. The predicted octanol–water partition coefficient (Wildman–Crippen LogP) is 3.92. The molecule has 0 aromatic heterocycles. The molecule has 2 N–H and O–H groups in total. The van der Waals surface area contributed by atoms with Crippen LogP contribution < -0.4 is 10.6 Å². The van der Waals surface area contributed by atoms with E-state index in [0.717, 1.165) is 11.8 Å². The molecule has 1 aromatic carbocycles. The van der Waals surface area contributed by atoms with Crippen LogP contribution in [0.25, 0.3) is 0 Å². The number of anilines is 1. The Bertz CT molecular complexity index is 446. The van der Waals surface area contributed by atoms with Crippen LogP contribution in [0.2, 0.25) is 0 Å². The zero-order valence-electron chi connectivity index (χ0n) is 11.4. The highest BCUT2D eigenvalue weighted by atomic mass is 79.9. The lowest BCUT2D eigenvalue weighted by atomic mass is 9.75. The number of halogens is 1. The van der Waals surface area contributed by atoms with E-state index >= 15 is 0 Å². The first kappa shape index (κ1) is 13.4. The summed E-state index contributed by atoms with van der Waals surface area (Å²) in [6.07, 6.45) is 7.15. The van der Waals surface area contributed by atoms with Crippen LogP contribution in [0, 0.1) is 11.8 Å². The van der Waals surface area contributed by atoms with Crippen LogP contribution in [-0.2, 0) is 6.54 Å². The highest BCUT2D eigenvalue weighted by Gasteiger charge is 2.31. The van der Waals surface area contributed by atoms with Crippen LogP contribution in [0.3, 0.4) is 0 Å². The number of nitrogens with two attached hydrogens (primary N) is 1. The predicted molar refractivity (Wildman–Crippen MR) is 84.3 cm³/mol. The minimum Gasteiger partial charge on any atom is -0.370 e. The molecule has 2 fully saturated rings. The van der Waals surface area contributed by atoms with Gasteiger partial charge in [0.15, 0.2) is 0 Å². The Morgan fingerprint density at radius 2 is 1.95 bits per heavy atom. The van der Waals surface area contributed by atoms with E-state index in [2.05, 4.69) is 39.0 Å². The number of hydrogen-bond acceptors (Lipinski definition) is 2. The van der Waals surface area contributed by atoms with Crippen molar-refractivity contribution in [1.82, 2.24) is 0 Å². The fourth-order valence-electron chi connectivity index (χ4n) is 3.75. The van der Waals surface area contributed by atoms with Crippen LogP contribution in [0.1, 0.15) is 37.7 Å². The molecule has 1 saturated heterocycles. The van der Waals surface area contributed by atoms with Crippen molar-refractivity contribution in [2.75, 3.05) is 18.0 Å². The Hall–Kier alpha value is -0.540. The second-order valence-corrected chi connectivity index (χ2v) is 6.88. The molecule has 2 nitrogen and oxygen atoms in total. The first-order valence-corrected chi connectivity index (χ1v) is 8.30. The van der Waals surface area contributed by atoms with Crippen LogP contribution in [-0.4, -0.2) is 13.1 Å². The van der Waals surface area contributed by atoms with Gasteiger partial charge < -0.3 is 10.6 Å². The van der Waals surface area contributed by atoms with Crippen LogP contribution in [0.4, 0.5) is 5.69 Å². The Labute approximate surface area is 124 Å². The summed E-state index contributed by atoms with van der Waals surface area (Å²) in [6.45, 7) is 3.07. The molecule has 19 heavy (non-hydrogen) atoms. The number of rotatable bonds is 2. The molecule has 1 aliphatic carbocycles. The average Bonchev–Trinajstić information content (AvgIpc) is 2.46. The van der Waals surface area contributed by atoms with Gasteiger partial charge in [0, 0.05) is 24.1 Å². The SMILES string of the molecule is NCc1ccc(N2CCC3CCCCC3C2)c(Br)c1. The summed E-state index contributed by atoms with van der Waals surface area (Å²) in [5, 5.41) is 0. The van der Waals surface area contributed by atoms with Gasteiger partial charge in [0.1, 0.15) is 0 Å². The molecule has 0 radical (unpaired) electrons. The van der Waals surface area contributed by atoms with Crippen molar-refractivity contribution in [2.45, 2.75) is 38.6 Å². The molecule has 1 heterocycles. The molecular formula is C16H23BrN2. The summed E-state index contributed by atoms with van der Waals surface area (Å²) in [4.78, 5) is 2.57. The van der Waals surface area contributed by atoms with E-state index in [9.17, 15) is 0 Å². The van der Waals surface area contributed by atoms with Gasteiger partial charge in [-0.05, 0) is 58.3 Å². The minimum absolute atomic E-state index is 0.615. The normalized spacial score (nSPS) is 27.2. The molecule has 0 amide bonds. The van der Waals surface area contributed by atoms with Gasteiger partial charge in [-0.3, -0.25) is 0 Å². The first-order valence-electron chi connectivity index (χ1n) is 7.51. The van der Waals surface area contributed by atoms with E-state index < -0.39 is 0 Å². The standard InChI is InChI=1S/C16H23BrN2/c17-15-9-12(10-18)5-6-16(15)19-8-7-13-3-1-2-4-14(13)11-19/h5-6,9,13-14H,1-4,7-8,10-11,18H2. The van der Waals surface area contributed by atoms with Gasteiger partial charge in [-0.1, -0.05) is 25.3 Å². The van der Waals surface area contributed by atoms with E-state index in [1.165, 1.54) is 60.9 Å². The molecule has 1 aliphatic heterocycles. The van der Waals surface area contributed by atoms with E-state index in [-0.39, 0.29) is 0 Å². The lowest BCUT2D eigenvalue weighted by Gasteiger charge is -2.42. The van der Waals surface area contributed by atoms with Gasteiger partial charge in [-0.2, -0.15) is 0 Å². The number of fused-ring (bicyclic) bond motifs is 1. The quantitative estimate of drug-likeness (QED) is 0.894. The summed E-state index contributed by atoms with van der Waals surface area (Å²) < 4.78 is 1.20. The molecule has 0 spiro atoms. The van der Waals surface area contributed by atoms with Crippen molar-refractivity contribution in [3.63, 3.8) is 0 Å². The third-order valence-electron chi connectivity index (χ3n) is 4.88. The summed E-state index contributed by atoms with van der Waals surface area (Å²) in [5.41, 5.74) is 8.25. The van der Waals surface area contributed by atoms with Crippen molar-refractivity contribution >= 4 is 21.6 Å². The second kappa shape index (κ2) is 5.84. The third-order valence-corrected chi connectivity index (χ3v) is 5.51. The van der Waals surface area contributed by atoms with Gasteiger partial charge in [0.05, 0.1) is 5.69 Å². The minimum atomic E-state index is 0.615. The lowest BCUT2D eigenvalue weighted by Crippen LogP contribution is -2.42. The summed E-state index contributed by atoms with van der Waals surface area (Å²) in [6, 6.07) is 6.56. The fourth-order valence-corrected chi connectivity index (χ4v) is 4.43. The molecule has 3 heteroatoms. The van der Waals surface area contributed by atoms with Crippen LogP contribution in [0.15, 0.2) is 22.7 Å². The Morgan fingerprint density at radius 1 is 1.16 bits per heavy atom. The summed E-state index contributed by atoms with van der Waals surface area (Å²) in [5.74, 6) is 1.91. The Morgan fingerprint density at radius 3 is 2.68 bits per heavy atom. The van der Waals surface area contributed by atoms with Gasteiger partial charge in [0.25, 0.3) is 0 Å². The van der Waals surface area contributed by atoms with Crippen LogP contribution >= 0.6 is 15.9 Å². The molecule has 2 aliphatic rings. The molecule has 0 bridgehead atoms. The molecule has 2 atom stereocenters. The highest BCUT2D eigenvalue weighted by Crippen LogP contribution is 2.39. The topological polar surface area (TPSA) is 29.3 Å². The van der Waals surface area contributed by atoms with Crippen molar-refractivity contribution in [1.29, 1.82) is 0 Å². The second-order valence-electron chi connectivity index (χ2n) is 6.03. The Balaban J connectivity index is 1.75. The smallest absolute Gasteiger partial charge is 0.0510 e. The number of hydrogen-bond donors (Lipinski definition) is 1. The molecule has 1 aromatic rings. The third kappa shape index (κ3) is 2.82. The number of nitrogens with zero attached hydrogens (tertiary/aromatic N) is 1. The van der Waals surface area contributed by atoms with E-state index in [0.29, 0.717) is 6.54 Å². The lowest BCUT2D eigenvalue weighted by molar-refractivity contribution is 0.202. The zero-order chi connectivity index (χ0) is 13.2. The van der Waals surface area contributed by atoms with Gasteiger partial charge >= 0.3 is 0 Å². The molecule has 104 valence electrons. The van der Waals surface area contributed by atoms with E-state index in [1.54, 1.807) is 0 Å². The van der Waals surface area contributed by atoms with Crippen molar-refractivity contribution < 1.29 is 0 Å². The van der Waals surface area contributed by atoms with E-state index in [1.807, 2.05) is 0 Å². The number of benzene rings is 1. The Kier molecular flexibility index (Phi) is 4.13.